The molecule has 1 aromatic carbocycles. The van der Waals surface area contributed by atoms with E-state index < -0.39 is 22.6 Å². The first-order valence-electron chi connectivity index (χ1n) is 7.82. The molecule has 0 saturated heterocycles. The van der Waals surface area contributed by atoms with Crippen molar-refractivity contribution in [1.29, 1.82) is 0 Å². The van der Waals surface area contributed by atoms with Gasteiger partial charge in [-0.05, 0) is 38.0 Å². The third kappa shape index (κ3) is 3.65. The van der Waals surface area contributed by atoms with Gasteiger partial charge in [-0.2, -0.15) is 4.98 Å². The Balaban J connectivity index is 1.91. The standard InChI is InChI=1S/C16H17F2N5O2/c1-9(12-7-10(17)3-6-13(12)18)22(2)16-19-8-14(23(24)25)15(21-16)20-11-4-5-11/h3,6-9,11H,4-5H2,1-2H3,(H,19,20,21)/t9-/m0/s1. The molecule has 0 spiro atoms. The Labute approximate surface area is 142 Å². The highest BCUT2D eigenvalue weighted by atomic mass is 19.1. The Kier molecular flexibility index (Phi) is 4.47. The number of benzene rings is 1. The maximum Gasteiger partial charge on any atom is 0.329 e. The summed E-state index contributed by atoms with van der Waals surface area (Å²) in [6.07, 6.45) is 2.98. The van der Waals surface area contributed by atoms with E-state index in [0.29, 0.717) is 0 Å². The lowest BCUT2D eigenvalue weighted by Gasteiger charge is -2.25. The van der Waals surface area contributed by atoms with Crippen LogP contribution < -0.4 is 10.2 Å². The van der Waals surface area contributed by atoms with E-state index in [4.69, 9.17) is 0 Å². The van der Waals surface area contributed by atoms with Crippen LogP contribution in [0.4, 0.5) is 26.2 Å². The van der Waals surface area contributed by atoms with E-state index in [1.54, 1.807) is 18.9 Å². The van der Waals surface area contributed by atoms with E-state index in [9.17, 15) is 18.9 Å². The summed E-state index contributed by atoms with van der Waals surface area (Å²) in [6, 6.07) is 2.83. The highest BCUT2D eigenvalue weighted by Crippen LogP contribution is 2.32. The molecule has 1 aliphatic carbocycles. The summed E-state index contributed by atoms with van der Waals surface area (Å²) in [4.78, 5) is 20.3. The van der Waals surface area contributed by atoms with Gasteiger partial charge in [0.2, 0.25) is 11.8 Å². The minimum absolute atomic E-state index is 0.135. The molecule has 1 heterocycles. The molecule has 1 N–H and O–H groups in total. The van der Waals surface area contributed by atoms with Crippen LogP contribution in [0.5, 0.6) is 0 Å². The van der Waals surface area contributed by atoms with Gasteiger partial charge in [0.05, 0.1) is 11.0 Å². The number of hydrogen-bond acceptors (Lipinski definition) is 6. The van der Waals surface area contributed by atoms with Gasteiger partial charge < -0.3 is 10.2 Å². The minimum Gasteiger partial charge on any atom is -0.361 e. The maximum absolute atomic E-state index is 14.0. The van der Waals surface area contributed by atoms with Crippen molar-refractivity contribution in [2.24, 2.45) is 0 Å². The molecule has 0 aliphatic heterocycles. The molecule has 1 saturated carbocycles. The highest BCUT2D eigenvalue weighted by molar-refractivity contribution is 5.58. The number of hydrogen-bond donors (Lipinski definition) is 1. The first-order valence-corrected chi connectivity index (χ1v) is 7.82. The van der Waals surface area contributed by atoms with Crippen LogP contribution in [0.3, 0.4) is 0 Å². The van der Waals surface area contributed by atoms with Gasteiger partial charge in [0, 0.05) is 18.7 Å². The molecule has 9 heteroatoms. The lowest BCUT2D eigenvalue weighted by atomic mass is 10.1. The van der Waals surface area contributed by atoms with Crippen molar-refractivity contribution >= 4 is 17.5 Å². The molecule has 1 aromatic heterocycles. The van der Waals surface area contributed by atoms with Gasteiger partial charge in [-0.15, -0.1) is 0 Å². The molecule has 25 heavy (non-hydrogen) atoms. The summed E-state index contributed by atoms with van der Waals surface area (Å²) in [5.41, 5.74) is -0.0604. The number of nitrogens with zero attached hydrogens (tertiary/aromatic N) is 4. The topological polar surface area (TPSA) is 84.2 Å². The molecule has 0 radical (unpaired) electrons. The minimum atomic E-state index is -0.564. The van der Waals surface area contributed by atoms with E-state index in [2.05, 4.69) is 15.3 Å². The summed E-state index contributed by atoms with van der Waals surface area (Å²) >= 11 is 0. The van der Waals surface area contributed by atoms with Crippen LogP contribution in [0, 0.1) is 21.7 Å². The summed E-state index contributed by atoms with van der Waals surface area (Å²) in [5, 5.41) is 14.1. The number of nitrogens with one attached hydrogen (secondary N) is 1. The van der Waals surface area contributed by atoms with E-state index in [-0.39, 0.29) is 29.1 Å². The molecule has 7 nitrogen and oxygen atoms in total. The SMILES string of the molecule is C[C@@H](c1cc(F)ccc1F)N(C)c1ncc([N+](=O)[O-])c(NC2CC2)n1. The molecule has 1 atom stereocenters. The second-order valence-corrected chi connectivity index (χ2v) is 6.03. The van der Waals surface area contributed by atoms with Crippen LogP contribution in [0.15, 0.2) is 24.4 Å². The van der Waals surface area contributed by atoms with Gasteiger partial charge in [-0.1, -0.05) is 0 Å². The van der Waals surface area contributed by atoms with Gasteiger partial charge in [0.25, 0.3) is 0 Å². The number of nitro groups is 1. The largest absolute Gasteiger partial charge is 0.361 e. The average Bonchev–Trinajstić information content (AvgIpc) is 3.39. The van der Waals surface area contributed by atoms with Crippen LogP contribution in [0.25, 0.3) is 0 Å². The number of halogens is 2. The predicted octanol–water partition coefficient (Wildman–Crippen LogP) is 3.43. The van der Waals surface area contributed by atoms with Crippen LogP contribution >= 0.6 is 0 Å². The number of aromatic nitrogens is 2. The highest BCUT2D eigenvalue weighted by Gasteiger charge is 2.28. The quantitative estimate of drug-likeness (QED) is 0.635. The fourth-order valence-corrected chi connectivity index (χ4v) is 2.41. The van der Waals surface area contributed by atoms with Crippen molar-refractivity contribution in [3.8, 4) is 0 Å². The van der Waals surface area contributed by atoms with Gasteiger partial charge in [0.15, 0.2) is 0 Å². The second kappa shape index (κ2) is 6.58. The predicted molar refractivity (Wildman–Crippen MR) is 88.5 cm³/mol. The van der Waals surface area contributed by atoms with Crippen molar-refractivity contribution in [2.45, 2.75) is 31.8 Å². The van der Waals surface area contributed by atoms with E-state index in [1.165, 1.54) is 0 Å². The fourth-order valence-electron chi connectivity index (χ4n) is 2.41. The summed E-state index contributed by atoms with van der Waals surface area (Å²) in [7, 11) is 1.62. The number of anilines is 2. The second-order valence-electron chi connectivity index (χ2n) is 6.03. The van der Waals surface area contributed by atoms with E-state index >= 15 is 0 Å². The molecule has 0 unspecified atom stereocenters. The van der Waals surface area contributed by atoms with Crippen molar-refractivity contribution in [3.05, 3.63) is 51.7 Å². The molecule has 1 fully saturated rings. The summed E-state index contributed by atoms with van der Waals surface area (Å²) in [5.74, 6) is -0.766. The Hall–Kier alpha value is -2.84. The first kappa shape index (κ1) is 17.0. The molecule has 0 bridgehead atoms. The third-order valence-electron chi connectivity index (χ3n) is 4.18. The molecule has 0 amide bonds. The third-order valence-corrected chi connectivity index (χ3v) is 4.18. The summed E-state index contributed by atoms with van der Waals surface area (Å²) in [6.45, 7) is 1.68. The fraction of sp³-hybridized carbons (Fsp3) is 0.375. The number of rotatable bonds is 6. The summed E-state index contributed by atoms with van der Waals surface area (Å²) < 4.78 is 27.4. The van der Waals surface area contributed by atoms with Gasteiger partial charge in [-0.25, -0.2) is 13.8 Å². The van der Waals surface area contributed by atoms with E-state index in [0.717, 1.165) is 37.2 Å². The van der Waals surface area contributed by atoms with Crippen molar-refractivity contribution in [1.82, 2.24) is 9.97 Å². The zero-order chi connectivity index (χ0) is 18.1. The van der Waals surface area contributed by atoms with Gasteiger partial charge in [0.1, 0.15) is 17.8 Å². The van der Waals surface area contributed by atoms with Gasteiger partial charge >= 0.3 is 5.69 Å². The van der Waals surface area contributed by atoms with Crippen LogP contribution in [-0.4, -0.2) is 28.0 Å². The Morgan fingerprint density at radius 1 is 1.40 bits per heavy atom. The van der Waals surface area contributed by atoms with Crippen LogP contribution in [0.1, 0.15) is 31.4 Å². The van der Waals surface area contributed by atoms with Gasteiger partial charge in [-0.3, -0.25) is 10.1 Å². The first-order chi connectivity index (χ1) is 11.9. The van der Waals surface area contributed by atoms with Crippen molar-refractivity contribution in [3.63, 3.8) is 0 Å². The van der Waals surface area contributed by atoms with Crippen LogP contribution in [-0.2, 0) is 0 Å². The zero-order valence-electron chi connectivity index (χ0n) is 13.7. The Bertz CT molecular complexity index is 813. The molecular weight excluding hydrogens is 332 g/mol. The zero-order valence-corrected chi connectivity index (χ0v) is 13.7. The normalized spacial score (nSPS) is 14.9. The van der Waals surface area contributed by atoms with E-state index in [1.807, 2.05) is 0 Å². The molecule has 1 aliphatic rings. The Morgan fingerprint density at radius 3 is 2.76 bits per heavy atom. The molecule has 3 rings (SSSR count). The molecule has 132 valence electrons. The maximum atomic E-state index is 14.0. The smallest absolute Gasteiger partial charge is 0.329 e. The van der Waals surface area contributed by atoms with Crippen molar-refractivity contribution in [2.75, 3.05) is 17.3 Å². The van der Waals surface area contributed by atoms with Crippen molar-refractivity contribution < 1.29 is 13.7 Å². The lowest BCUT2D eigenvalue weighted by Crippen LogP contribution is -2.25. The monoisotopic (exact) mass is 349 g/mol. The molecular formula is C16H17F2N5O2. The average molecular weight is 349 g/mol. The lowest BCUT2D eigenvalue weighted by molar-refractivity contribution is -0.384. The molecule has 2 aromatic rings. The van der Waals surface area contributed by atoms with Crippen LogP contribution in [0.2, 0.25) is 0 Å². The Morgan fingerprint density at radius 2 is 2.12 bits per heavy atom.